The number of benzene rings is 2. The molecule has 0 atom stereocenters. The zero-order chi connectivity index (χ0) is 18.6. The SMILES string of the molecule is CCNc1nc(Nc2ccc(C(F)(F)F)cc2)cc(-c2ccccc2)n1. The summed E-state index contributed by atoms with van der Waals surface area (Å²) in [6.45, 7) is 2.58. The van der Waals surface area contributed by atoms with Crippen LogP contribution in [0.2, 0.25) is 0 Å². The summed E-state index contributed by atoms with van der Waals surface area (Å²) in [6, 6.07) is 16.2. The fourth-order valence-electron chi connectivity index (χ4n) is 2.40. The Labute approximate surface area is 149 Å². The van der Waals surface area contributed by atoms with Crippen LogP contribution in [0, 0.1) is 0 Å². The molecule has 134 valence electrons. The van der Waals surface area contributed by atoms with E-state index in [1.54, 1.807) is 6.07 Å². The molecule has 0 aliphatic carbocycles. The number of nitrogens with one attached hydrogen (secondary N) is 2. The van der Waals surface area contributed by atoms with Crippen LogP contribution in [0.3, 0.4) is 0 Å². The fraction of sp³-hybridized carbons (Fsp3) is 0.158. The molecule has 0 bridgehead atoms. The molecule has 0 aliphatic rings. The molecule has 0 fully saturated rings. The molecule has 3 aromatic rings. The first-order valence-electron chi connectivity index (χ1n) is 8.08. The summed E-state index contributed by atoms with van der Waals surface area (Å²) < 4.78 is 38.0. The van der Waals surface area contributed by atoms with Crippen molar-refractivity contribution in [1.29, 1.82) is 0 Å². The molecular formula is C19H17F3N4. The molecule has 2 N–H and O–H groups in total. The van der Waals surface area contributed by atoms with E-state index in [1.807, 2.05) is 37.3 Å². The molecule has 0 saturated heterocycles. The van der Waals surface area contributed by atoms with Crippen molar-refractivity contribution in [2.24, 2.45) is 0 Å². The van der Waals surface area contributed by atoms with Crippen molar-refractivity contribution in [3.8, 4) is 11.3 Å². The number of aromatic nitrogens is 2. The molecule has 0 unspecified atom stereocenters. The van der Waals surface area contributed by atoms with Crippen LogP contribution < -0.4 is 10.6 Å². The minimum atomic E-state index is -4.36. The van der Waals surface area contributed by atoms with Gasteiger partial charge in [-0.15, -0.1) is 0 Å². The predicted molar refractivity (Wildman–Crippen MR) is 96.4 cm³/mol. The molecule has 0 radical (unpaired) electrons. The third-order valence-corrected chi connectivity index (χ3v) is 3.62. The van der Waals surface area contributed by atoms with E-state index in [2.05, 4.69) is 20.6 Å². The maximum absolute atomic E-state index is 12.7. The highest BCUT2D eigenvalue weighted by Crippen LogP contribution is 2.30. The second-order valence-electron chi connectivity index (χ2n) is 5.56. The molecule has 0 amide bonds. The van der Waals surface area contributed by atoms with E-state index >= 15 is 0 Å². The molecule has 0 aliphatic heterocycles. The van der Waals surface area contributed by atoms with Crippen LogP contribution in [-0.4, -0.2) is 16.5 Å². The summed E-state index contributed by atoms with van der Waals surface area (Å²) in [5.74, 6) is 0.942. The van der Waals surface area contributed by atoms with Gasteiger partial charge in [-0.2, -0.15) is 18.2 Å². The van der Waals surface area contributed by atoms with E-state index in [9.17, 15) is 13.2 Å². The Hall–Kier alpha value is -3.09. The average molecular weight is 358 g/mol. The first kappa shape index (κ1) is 17.7. The van der Waals surface area contributed by atoms with Crippen LogP contribution in [0.1, 0.15) is 12.5 Å². The Morgan fingerprint density at radius 1 is 0.923 bits per heavy atom. The van der Waals surface area contributed by atoms with Crippen molar-refractivity contribution in [3.63, 3.8) is 0 Å². The quantitative estimate of drug-likeness (QED) is 0.647. The van der Waals surface area contributed by atoms with Crippen LogP contribution in [0.5, 0.6) is 0 Å². The van der Waals surface area contributed by atoms with Gasteiger partial charge < -0.3 is 10.6 Å². The zero-order valence-corrected chi connectivity index (χ0v) is 14.0. The minimum Gasteiger partial charge on any atom is -0.354 e. The van der Waals surface area contributed by atoms with Crippen molar-refractivity contribution < 1.29 is 13.2 Å². The second kappa shape index (κ2) is 7.43. The molecule has 26 heavy (non-hydrogen) atoms. The molecule has 1 aromatic heterocycles. The summed E-state index contributed by atoms with van der Waals surface area (Å²) in [5.41, 5.74) is 1.46. The maximum atomic E-state index is 12.7. The van der Waals surface area contributed by atoms with Crippen molar-refractivity contribution in [1.82, 2.24) is 9.97 Å². The van der Waals surface area contributed by atoms with E-state index in [0.717, 1.165) is 17.7 Å². The van der Waals surface area contributed by atoms with E-state index in [0.29, 0.717) is 29.7 Å². The second-order valence-corrected chi connectivity index (χ2v) is 5.56. The Bertz CT molecular complexity index is 862. The molecule has 4 nitrogen and oxygen atoms in total. The third-order valence-electron chi connectivity index (χ3n) is 3.62. The monoisotopic (exact) mass is 358 g/mol. The summed E-state index contributed by atoms with van der Waals surface area (Å²) in [7, 11) is 0. The van der Waals surface area contributed by atoms with E-state index in [1.165, 1.54) is 12.1 Å². The number of alkyl halides is 3. The number of rotatable bonds is 5. The lowest BCUT2D eigenvalue weighted by atomic mass is 10.1. The van der Waals surface area contributed by atoms with Crippen LogP contribution in [0.25, 0.3) is 11.3 Å². The van der Waals surface area contributed by atoms with Crippen molar-refractivity contribution >= 4 is 17.5 Å². The normalized spacial score (nSPS) is 11.2. The number of nitrogens with zero attached hydrogens (tertiary/aromatic N) is 2. The van der Waals surface area contributed by atoms with Gasteiger partial charge in [0.15, 0.2) is 0 Å². The Balaban J connectivity index is 1.90. The maximum Gasteiger partial charge on any atom is 0.416 e. The number of halogens is 3. The van der Waals surface area contributed by atoms with Crippen molar-refractivity contribution in [2.75, 3.05) is 17.2 Å². The first-order chi connectivity index (χ1) is 12.5. The number of anilines is 3. The molecule has 1 heterocycles. The van der Waals surface area contributed by atoms with Gasteiger partial charge in [0.05, 0.1) is 11.3 Å². The smallest absolute Gasteiger partial charge is 0.354 e. The Kier molecular flexibility index (Phi) is 5.06. The van der Waals surface area contributed by atoms with E-state index < -0.39 is 11.7 Å². The van der Waals surface area contributed by atoms with Gasteiger partial charge in [0, 0.05) is 23.9 Å². The molecule has 0 saturated carbocycles. The van der Waals surface area contributed by atoms with Gasteiger partial charge in [0.1, 0.15) is 5.82 Å². The lowest BCUT2D eigenvalue weighted by Crippen LogP contribution is -2.06. The van der Waals surface area contributed by atoms with Gasteiger partial charge in [-0.1, -0.05) is 30.3 Å². The predicted octanol–water partition coefficient (Wildman–Crippen LogP) is 5.34. The highest BCUT2D eigenvalue weighted by Gasteiger charge is 2.29. The molecule has 2 aromatic carbocycles. The topological polar surface area (TPSA) is 49.8 Å². The lowest BCUT2D eigenvalue weighted by molar-refractivity contribution is -0.137. The lowest BCUT2D eigenvalue weighted by Gasteiger charge is -2.12. The standard InChI is InChI=1S/C19H17F3N4/c1-2-23-18-25-16(13-6-4-3-5-7-13)12-17(26-18)24-15-10-8-14(9-11-15)19(20,21)22/h3-12H,2H2,1H3,(H2,23,24,25,26). The number of hydrogen-bond acceptors (Lipinski definition) is 4. The third kappa shape index (κ3) is 4.30. The summed E-state index contributed by atoms with van der Waals surface area (Å²) in [5, 5.41) is 6.09. The van der Waals surface area contributed by atoms with Gasteiger partial charge in [0.25, 0.3) is 0 Å². The van der Waals surface area contributed by atoms with Gasteiger partial charge in [0.2, 0.25) is 5.95 Å². The summed E-state index contributed by atoms with van der Waals surface area (Å²) >= 11 is 0. The van der Waals surface area contributed by atoms with Gasteiger partial charge in [-0.25, -0.2) is 4.98 Å². The summed E-state index contributed by atoms with van der Waals surface area (Å²) in [4.78, 5) is 8.83. The van der Waals surface area contributed by atoms with Crippen LogP contribution in [-0.2, 0) is 6.18 Å². The number of hydrogen-bond donors (Lipinski definition) is 2. The highest BCUT2D eigenvalue weighted by atomic mass is 19.4. The summed E-state index contributed by atoms with van der Waals surface area (Å²) in [6.07, 6.45) is -4.36. The Morgan fingerprint density at radius 2 is 1.62 bits per heavy atom. The van der Waals surface area contributed by atoms with Gasteiger partial charge >= 0.3 is 6.18 Å². The average Bonchev–Trinajstić information content (AvgIpc) is 2.62. The van der Waals surface area contributed by atoms with Gasteiger partial charge in [-0.05, 0) is 31.2 Å². The van der Waals surface area contributed by atoms with Crippen LogP contribution >= 0.6 is 0 Å². The highest BCUT2D eigenvalue weighted by molar-refractivity contribution is 5.67. The molecular weight excluding hydrogens is 341 g/mol. The zero-order valence-electron chi connectivity index (χ0n) is 14.0. The molecule has 0 spiro atoms. The first-order valence-corrected chi connectivity index (χ1v) is 8.08. The fourth-order valence-corrected chi connectivity index (χ4v) is 2.40. The van der Waals surface area contributed by atoms with Crippen LogP contribution in [0.15, 0.2) is 60.7 Å². The molecule has 7 heteroatoms. The molecule has 3 rings (SSSR count). The van der Waals surface area contributed by atoms with Gasteiger partial charge in [-0.3, -0.25) is 0 Å². The van der Waals surface area contributed by atoms with Crippen LogP contribution in [0.4, 0.5) is 30.6 Å². The van der Waals surface area contributed by atoms with Crippen molar-refractivity contribution in [3.05, 3.63) is 66.2 Å². The van der Waals surface area contributed by atoms with E-state index in [-0.39, 0.29) is 0 Å². The largest absolute Gasteiger partial charge is 0.416 e. The Morgan fingerprint density at radius 3 is 2.23 bits per heavy atom. The van der Waals surface area contributed by atoms with E-state index in [4.69, 9.17) is 0 Å². The van der Waals surface area contributed by atoms with Crippen molar-refractivity contribution in [2.45, 2.75) is 13.1 Å². The minimum absolute atomic E-state index is 0.447.